The molecule has 0 radical (unpaired) electrons. The first kappa shape index (κ1) is 9.96. The van der Waals surface area contributed by atoms with E-state index >= 15 is 0 Å². The van der Waals surface area contributed by atoms with E-state index in [1.807, 2.05) is 0 Å². The molecule has 0 unspecified atom stereocenters. The van der Waals surface area contributed by atoms with E-state index in [1.54, 1.807) is 0 Å². The summed E-state index contributed by atoms with van der Waals surface area (Å²) in [5, 5.41) is 20.6. The van der Waals surface area contributed by atoms with Crippen LogP contribution in [0.25, 0.3) is 0 Å². The molecule has 3 N–H and O–H groups in total. The highest BCUT2D eigenvalue weighted by Gasteiger charge is 2.16. The van der Waals surface area contributed by atoms with Gasteiger partial charge in [0, 0.05) is 0 Å². The molecule has 1 fully saturated rings. The van der Waals surface area contributed by atoms with Gasteiger partial charge in [-0.15, -0.1) is 0 Å². The highest BCUT2D eigenvalue weighted by Crippen LogP contribution is 2.28. The summed E-state index contributed by atoms with van der Waals surface area (Å²) in [4.78, 5) is 0. The fourth-order valence-electron chi connectivity index (χ4n) is 1.46. The molecule has 0 aliphatic heterocycles. The van der Waals surface area contributed by atoms with Crippen LogP contribution in [0.3, 0.4) is 0 Å². The number of nitrogens with one attached hydrogen (secondary N) is 1. The Hall–Kier alpha value is -0.120. The van der Waals surface area contributed by atoms with Gasteiger partial charge in [0.25, 0.3) is 0 Å². The summed E-state index contributed by atoms with van der Waals surface area (Å²) < 4.78 is 0. The molecule has 3 nitrogen and oxygen atoms in total. The minimum absolute atomic E-state index is 0.0289. The quantitative estimate of drug-likeness (QED) is 0.535. The smallest absolute Gasteiger partial charge is 0.0607 e. The lowest BCUT2D eigenvalue weighted by atomic mass is 9.83. The molecule has 0 saturated heterocycles. The first-order valence-corrected chi connectivity index (χ1v) is 4.82. The Kier molecular flexibility index (Phi) is 4.58. The molecule has 0 amide bonds. The lowest BCUT2D eigenvalue weighted by molar-refractivity contribution is 0.167. The van der Waals surface area contributed by atoms with Crippen LogP contribution in [0.4, 0.5) is 0 Å². The SMILES string of the molecule is OCC(CO)NCCC1CCC1. The third kappa shape index (κ3) is 3.09. The van der Waals surface area contributed by atoms with Crippen LogP contribution in [0, 0.1) is 5.92 Å². The number of aliphatic hydroxyl groups excluding tert-OH is 2. The van der Waals surface area contributed by atoms with E-state index in [-0.39, 0.29) is 19.3 Å². The predicted molar refractivity (Wildman–Crippen MR) is 47.9 cm³/mol. The van der Waals surface area contributed by atoms with Crippen molar-refractivity contribution in [3.63, 3.8) is 0 Å². The van der Waals surface area contributed by atoms with Gasteiger partial charge < -0.3 is 15.5 Å². The van der Waals surface area contributed by atoms with Crippen molar-refractivity contribution < 1.29 is 10.2 Å². The lowest BCUT2D eigenvalue weighted by Crippen LogP contribution is -2.37. The Balaban J connectivity index is 1.92. The molecule has 0 spiro atoms. The van der Waals surface area contributed by atoms with Crippen molar-refractivity contribution in [2.75, 3.05) is 19.8 Å². The molecule has 12 heavy (non-hydrogen) atoms. The molecule has 72 valence electrons. The standard InChI is InChI=1S/C9H19NO2/c11-6-9(7-12)10-5-4-8-2-1-3-8/h8-12H,1-7H2. The minimum Gasteiger partial charge on any atom is -0.395 e. The Morgan fingerprint density at radius 3 is 2.33 bits per heavy atom. The number of hydrogen-bond donors (Lipinski definition) is 3. The summed E-state index contributed by atoms with van der Waals surface area (Å²) in [5.41, 5.74) is 0. The third-order valence-electron chi connectivity index (χ3n) is 2.65. The molecule has 1 aliphatic rings. The van der Waals surface area contributed by atoms with Crippen molar-refractivity contribution in [3.05, 3.63) is 0 Å². The van der Waals surface area contributed by atoms with E-state index in [1.165, 1.54) is 25.7 Å². The van der Waals surface area contributed by atoms with Gasteiger partial charge in [0.05, 0.1) is 19.3 Å². The molecule has 0 atom stereocenters. The fourth-order valence-corrected chi connectivity index (χ4v) is 1.46. The van der Waals surface area contributed by atoms with Gasteiger partial charge in [-0.1, -0.05) is 19.3 Å². The number of hydrogen-bond acceptors (Lipinski definition) is 3. The summed E-state index contributed by atoms with van der Waals surface area (Å²) >= 11 is 0. The molecule has 0 aromatic carbocycles. The molecule has 0 heterocycles. The van der Waals surface area contributed by atoms with Gasteiger partial charge >= 0.3 is 0 Å². The van der Waals surface area contributed by atoms with E-state index in [2.05, 4.69) is 5.32 Å². The maximum Gasteiger partial charge on any atom is 0.0607 e. The van der Waals surface area contributed by atoms with Crippen LogP contribution in [0.15, 0.2) is 0 Å². The van der Waals surface area contributed by atoms with Crippen LogP contribution in [0.5, 0.6) is 0 Å². The van der Waals surface area contributed by atoms with Crippen molar-refractivity contribution in [1.82, 2.24) is 5.32 Å². The maximum absolute atomic E-state index is 8.74. The van der Waals surface area contributed by atoms with Gasteiger partial charge in [-0.05, 0) is 18.9 Å². The Labute approximate surface area is 73.8 Å². The largest absolute Gasteiger partial charge is 0.395 e. The van der Waals surface area contributed by atoms with Crippen molar-refractivity contribution in [2.45, 2.75) is 31.7 Å². The highest BCUT2D eigenvalue weighted by atomic mass is 16.3. The summed E-state index contributed by atoms with van der Waals surface area (Å²) in [6.07, 6.45) is 5.31. The van der Waals surface area contributed by atoms with E-state index < -0.39 is 0 Å². The second-order valence-electron chi connectivity index (χ2n) is 3.60. The van der Waals surface area contributed by atoms with Crippen molar-refractivity contribution in [1.29, 1.82) is 0 Å². The van der Waals surface area contributed by atoms with Crippen LogP contribution in [-0.4, -0.2) is 36.0 Å². The van der Waals surface area contributed by atoms with E-state index in [4.69, 9.17) is 10.2 Å². The molecule has 3 heteroatoms. The molecule has 0 aromatic rings. The number of rotatable bonds is 6. The van der Waals surface area contributed by atoms with Gasteiger partial charge in [0.2, 0.25) is 0 Å². The zero-order valence-electron chi connectivity index (χ0n) is 7.50. The summed E-state index contributed by atoms with van der Waals surface area (Å²) in [7, 11) is 0. The molecular weight excluding hydrogens is 154 g/mol. The summed E-state index contributed by atoms with van der Waals surface area (Å²) in [6.45, 7) is 0.985. The van der Waals surface area contributed by atoms with Crippen LogP contribution in [0.1, 0.15) is 25.7 Å². The first-order chi connectivity index (χ1) is 5.86. The van der Waals surface area contributed by atoms with Crippen LogP contribution < -0.4 is 5.32 Å². The van der Waals surface area contributed by atoms with Gasteiger partial charge in [-0.3, -0.25) is 0 Å². The van der Waals surface area contributed by atoms with Crippen molar-refractivity contribution in [3.8, 4) is 0 Å². The third-order valence-corrected chi connectivity index (χ3v) is 2.65. The zero-order valence-corrected chi connectivity index (χ0v) is 7.50. The van der Waals surface area contributed by atoms with Crippen molar-refractivity contribution in [2.24, 2.45) is 5.92 Å². The lowest BCUT2D eigenvalue weighted by Gasteiger charge is -2.26. The van der Waals surface area contributed by atoms with Crippen LogP contribution in [-0.2, 0) is 0 Å². The predicted octanol–water partition coefficient (Wildman–Crippen LogP) is 0.119. The monoisotopic (exact) mass is 173 g/mol. The second-order valence-corrected chi connectivity index (χ2v) is 3.60. The summed E-state index contributed by atoms with van der Waals surface area (Å²) in [5.74, 6) is 0.899. The average Bonchev–Trinajstić information content (AvgIpc) is 2.02. The topological polar surface area (TPSA) is 52.5 Å². The van der Waals surface area contributed by atoms with Gasteiger partial charge in [0.1, 0.15) is 0 Å². The van der Waals surface area contributed by atoms with Gasteiger partial charge in [-0.25, -0.2) is 0 Å². The molecule has 0 bridgehead atoms. The zero-order chi connectivity index (χ0) is 8.81. The number of aliphatic hydroxyl groups is 2. The average molecular weight is 173 g/mol. The van der Waals surface area contributed by atoms with Gasteiger partial charge in [-0.2, -0.15) is 0 Å². The molecule has 1 rings (SSSR count). The van der Waals surface area contributed by atoms with E-state index in [0.29, 0.717) is 0 Å². The molecule has 0 aromatic heterocycles. The Morgan fingerprint density at radius 1 is 1.25 bits per heavy atom. The Morgan fingerprint density at radius 2 is 1.92 bits per heavy atom. The molecule has 1 aliphatic carbocycles. The highest BCUT2D eigenvalue weighted by molar-refractivity contribution is 4.72. The van der Waals surface area contributed by atoms with Gasteiger partial charge in [0.15, 0.2) is 0 Å². The first-order valence-electron chi connectivity index (χ1n) is 4.82. The Bertz CT molecular complexity index is 111. The fraction of sp³-hybridized carbons (Fsp3) is 1.00. The van der Waals surface area contributed by atoms with Crippen molar-refractivity contribution >= 4 is 0 Å². The second kappa shape index (κ2) is 5.51. The molecular formula is C9H19NO2. The van der Waals surface area contributed by atoms with E-state index in [0.717, 1.165) is 12.5 Å². The van der Waals surface area contributed by atoms with Crippen LogP contribution in [0.2, 0.25) is 0 Å². The van der Waals surface area contributed by atoms with E-state index in [9.17, 15) is 0 Å². The van der Waals surface area contributed by atoms with Crippen LogP contribution >= 0.6 is 0 Å². The maximum atomic E-state index is 8.74. The normalized spacial score (nSPS) is 18.2. The summed E-state index contributed by atoms with van der Waals surface area (Å²) in [6, 6.07) is -0.120. The molecule has 1 saturated carbocycles. The minimum atomic E-state index is -0.120.